The zero-order valence-electron chi connectivity index (χ0n) is 19.7. The Morgan fingerprint density at radius 1 is 0.405 bits per heavy atom. The fourth-order valence-corrected chi connectivity index (χ4v) is 6.80. The third kappa shape index (κ3) is 4.15. The predicted octanol–water partition coefficient (Wildman–Crippen LogP) is 7.30. The number of fused-ring (bicyclic) bond motifs is 3. The molecule has 2 heterocycles. The first-order valence-corrected chi connectivity index (χ1v) is 13.8. The molecular weight excluding hydrogens is 519 g/mol. The Bertz CT molecular complexity index is 1800. The van der Waals surface area contributed by atoms with E-state index < -0.39 is 0 Å². The number of hydrogen-bond acceptors (Lipinski definition) is 4. The second kappa shape index (κ2) is 9.21. The van der Waals surface area contributed by atoms with Crippen molar-refractivity contribution in [2.24, 2.45) is 0 Å². The molecule has 37 heavy (non-hydrogen) atoms. The van der Waals surface area contributed by atoms with Crippen LogP contribution in [0, 0.1) is 0 Å². The molecule has 0 aliphatic rings. The summed E-state index contributed by atoms with van der Waals surface area (Å²) in [5.41, 5.74) is 5.12. The topological polar surface area (TPSA) is 51.6 Å². The second-order valence-corrected chi connectivity index (χ2v) is 10.9. The number of benzene rings is 5. The van der Waals surface area contributed by atoms with Crippen LogP contribution in [0.2, 0.25) is 0 Å². The van der Waals surface area contributed by atoms with Crippen molar-refractivity contribution >= 4 is 35.1 Å². The summed E-state index contributed by atoms with van der Waals surface area (Å²) in [4.78, 5) is 19.5. The van der Waals surface area contributed by atoms with Gasteiger partial charge in [0.2, 0.25) is 0 Å². The van der Waals surface area contributed by atoms with E-state index in [-0.39, 0.29) is 14.5 Å². The normalized spacial score (nSPS) is 11.2. The molecule has 174 valence electrons. The molecule has 0 radical (unpaired) electrons. The van der Waals surface area contributed by atoms with Crippen molar-refractivity contribution in [3.63, 3.8) is 0 Å². The average molecular weight is 540 g/mol. The molecule has 0 spiro atoms. The molecule has 0 aliphatic heterocycles. The van der Waals surface area contributed by atoms with Gasteiger partial charge in [0.25, 0.3) is 0 Å². The fourth-order valence-electron chi connectivity index (χ4n) is 4.48. The van der Waals surface area contributed by atoms with Crippen molar-refractivity contribution in [2.45, 2.75) is 0 Å². The van der Waals surface area contributed by atoms with Crippen LogP contribution in [-0.4, -0.2) is 34.4 Å². The first-order valence-electron chi connectivity index (χ1n) is 12.1. The van der Waals surface area contributed by atoms with E-state index >= 15 is 0 Å². The standard InChI is InChI=1S/C32H20N4Se/c1-3-10-22(11-4-1)29-34-30(23-12-5-2-6-13-23)36-31(35-29)24-15-17-25(18-16-24)32-33-27-20-19-21-9-7-8-14-26(21)28(27)37-32/h1-20H. The van der Waals surface area contributed by atoms with Crippen molar-refractivity contribution in [1.82, 2.24) is 19.9 Å². The Morgan fingerprint density at radius 2 is 0.919 bits per heavy atom. The Morgan fingerprint density at radius 3 is 1.54 bits per heavy atom. The van der Waals surface area contributed by atoms with E-state index in [4.69, 9.17) is 19.9 Å². The molecule has 0 fully saturated rings. The molecule has 0 saturated heterocycles. The van der Waals surface area contributed by atoms with Gasteiger partial charge in [-0.25, -0.2) is 0 Å². The summed E-state index contributed by atoms with van der Waals surface area (Å²) in [6, 6.07) is 41.4. The predicted molar refractivity (Wildman–Crippen MR) is 151 cm³/mol. The summed E-state index contributed by atoms with van der Waals surface area (Å²) in [5, 5.41) is 2.58. The van der Waals surface area contributed by atoms with Gasteiger partial charge in [-0.05, 0) is 0 Å². The van der Waals surface area contributed by atoms with Crippen molar-refractivity contribution in [1.29, 1.82) is 0 Å². The number of aromatic nitrogens is 4. The molecule has 0 saturated carbocycles. The fraction of sp³-hybridized carbons (Fsp3) is 0. The molecule has 0 unspecified atom stereocenters. The summed E-state index contributed by atoms with van der Waals surface area (Å²) in [5.74, 6) is 1.99. The van der Waals surface area contributed by atoms with Crippen LogP contribution >= 0.6 is 0 Å². The molecule has 5 heteroatoms. The molecular formula is C32H20N4Se. The Kier molecular flexibility index (Phi) is 5.43. The third-order valence-corrected chi connectivity index (χ3v) is 8.79. The van der Waals surface area contributed by atoms with Crippen LogP contribution in [0.25, 0.3) is 64.8 Å². The van der Waals surface area contributed by atoms with Gasteiger partial charge in [-0.15, -0.1) is 0 Å². The van der Waals surface area contributed by atoms with Crippen LogP contribution in [0.15, 0.2) is 121 Å². The average Bonchev–Trinajstić information content (AvgIpc) is 3.43. The molecule has 2 aromatic heterocycles. The number of nitrogens with zero attached hydrogens (tertiary/aromatic N) is 4. The minimum atomic E-state index is 0.159. The van der Waals surface area contributed by atoms with Gasteiger partial charge in [0.15, 0.2) is 0 Å². The van der Waals surface area contributed by atoms with E-state index in [9.17, 15) is 0 Å². The zero-order valence-corrected chi connectivity index (χ0v) is 21.5. The van der Waals surface area contributed by atoms with Crippen LogP contribution in [0.5, 0.6) is 0 Å². The van der Waals surface area contributed by atoms with Crippen molar-refractivity contribution in [3.8, 4) is 44.3 Å². The van der Waals surface area contributed by atoms with Gasteiger partial charge in [0.1, 0.15) is 0 Å². The summed E-state index contributed by atoms with van der Waals surface area (Å²) in [6.45, 7) is 0. The summed E-state index contributed by atoms with van der Waals surface area (Å²) < 4.78 is 2.51. The molecule has 0 amide bonds. The van der Waals surface area contributed by atoms with Crippen molar-refractivity contribution < 1.29 is 0 Å². The van der Waals surface area contributed by atoms with E-state index in [1.807, 2.05) is 60.7 Å². The van der Waals surface area contributed by atoms with E-state index in [1.165, 1.54) is 15.0 Å². The van der Waals surface area contributed by atoms with Gasteiger partial charge in [-0.2, -0.15) is 0 Å². The maximum absolute atomic E-state index is 4.99. The molecule has 0 bridgehead atoms. The van der Waals surface area contributed by atoms with Gasteiger partial charge >= 0.3 is 221 Å². The Labute approximate surface area is 220 Å². The number of rotatable bonds is 4. The van der Waals surface area contributed by atoms with Crippen LogP contribution in [-0.2, 0) is 0 Å². The summed E-state index contributed by atoms with van der Waals surface area (Å²) >= 11 is 0.159. The van der Waals surface area contributed by atoms with Crippen LogP contribution in [0.4, 0.5) is 0 Å². The quantitative estimate of drug-likeness (QED) is 0.220. The van der Waals surface area contributed by atoms with E-state index in [1.54, 1.807) is 0 Å². The van der Waals surface area contributed by atoms with Crippen molar-refractivity contribution in [2.75, 3.05) is 0 Å². The van der Waals surface area contributed by atoms with Gasteiger partial charge in [0, 0.05) is 0 Å². The Hall–Kier alpha value is -4.44. The van der Waals surface area contributed by atoms with Crippen LogP contribution in [0.3, 0.4) is 0 Å². The SMILES string of the molecule is c1ccc(-c2nc(-c3ccccc3)nc(-c3ccc(-c4nc5ccc6ccccc6c5[se]4)cc3)n2)cc1. The van der Waals surface area contributed by atoms with E-state index in [0.29, 0.717) is 17.5 Å². The minimum absolute atomic E-state index is 0.159. The molecule has 0 aliphatic carbocycles. The van der Waals surface area contributed by atoms with Gasteiger partial charge in [-0.1, -0.05) is 0 Å². The Balaban J connectivity index is 1.30. The molecule has 7 rings (SSSR count). The maximum atomic E-state index is 4.99. The third-order valence-electron chi connectivity index (χ3n) is 6.37. The van der Waals surface area contributed by atoms with E-state index in [0.717, 1.165) is 32.3 Å². The second-order valence-electron chi connectivity index (χ2n) is 8.77. The monoisotopic (exact) mass is 540 g/mol. The summed E-state index contributed by atoms with van der Waals surface area (Å²) in [7, 11) is 0. The van der Waals surface area contributed by atoms with Gasteiger partial charge < -0.3 is 0 Å². The van der Waals surface area contributed by atoms with E-state index in [2.05, 4.69) is 60.7 Å². The zero-order chi connectivity index (χ0) is 24.6. The molecule has 0 atom stereocenters. The summed E-state index contributed by atoms with van der Waals surface area (Å²) in [6.07, 6.45) is 0. The van der Waals surface area contributed by atoms with Crippen molar-refractivity contribution in [3.05, 3.63) is 121 Å². The first kappa shape index (κ1) is 21.8. The number of hydrogen-bond donors (Lipinski definition) is 0. The molecule has 7 aromatic rings. The van der Waals surface area contributed by atoms with Gasteiger partial charge in [0.05, 0.1) is 0 Å². The van der Waals surface area contributed by atoms with Gasteiger partial charge in [-0.3, -0.25) is 0 Å². The van der Waals surface area contributed by atoms with Crippen LogP contribution in [0.1, 0.15) is 0 Å². The first-order chi connectivity index (χ1) is 18.3. The van der Waals surface area contributed by atoms with Crippen LogP contribution < -0.4 is 0 Å². The molecule has 0 N–H and O–H groups in total. The molecule has 4 nitrogen and oxygen atoms in total. The molecule has 5 aromatic carbocycles.